The first-order chi connectivity index (χ1) is 12.9. The van der Waals surface area contributed by atoms with Crippen LogP contribution < -0.4 is 10.0 Å². The molecule has 8 heteroatoms. The van der Waals surface area contributed by atoms with Gasteiger partial charge in [-0.25, -0.2) is 12.8 Å². The smallest absolute Gasteiger partial charge is 0.262 e. The zero-order chi connectivity index (χ0) is 19.4. The predicted molar refractivity (Wildman–Crippen MR) is 99.7 cm³/mol. The molecule has 1 aliphatic rings. The maximum absolute atomic E-state index is 13.8. The summed E-state index contributed by atoms with van der Waals surface area (Å²) in [6.45, 7) is 2.79. The first-order valence-corrected chi connectivity index (χ1v) is 10.1. The van der Waals surface area contributed by atoms with Gasteiger partial charge in [0, 0.05) is 18.7 Å². The van der Waals surface area contributed by atoms with E-state index in [-0.39, 0.29) is 28.2 Å². The molecule has 1 atom stereocenters. The number of ether oxygens (including phenoxy) is 1. The molecule has 0 aromatic heterocycles. The van der Waals surface area contributed by atoms with Crippen molar-refractivity contribution in [2.24, 2.45) is 0 Å². The number of sulfonamides is 1. The maximum atomic E-state index is 13.8. The summed E-state index contributed by atoms with van der Waals surface area (Å²) < 4.78 is 46.6. The summed E-state index contributed by atoms with van der Waals surface area (Å²) in [5.74, 6) is -1.05. The summed E-state index contributed by atoms with van der Waals surface area (Å²) >= 11 is 0. The van der Waals surface area contributed by atoms with E-state index in [1.165, 1.54) is 30.3 Å². The topological polar surface area (TPSA) is 84.5 Å². The number of anilines is 1. The number of aryl methyl sites for hydroxylation is 1. The molecular formula is C19H21FN2O4S. The van der Waals surface area contributed by atoms with Gasteiger partial charge in [0.25, 0.3) is 15.9 Å². The number of carbonyl (C=O) groups is 1. The molecule has 2 aromatic carbocycles. The first kappa shape index (κ1) is 19.3. The summed E-state index contributed by atoms with van der Waals surface area (Å²) in [5, 5.41) is 2.78. The monoisotopic (exact) mass is 392 g/mol. The van der Waals surface area contributed by atoms with Crippen LogP contribution in [0.1, 0.15) is 28.8 Å². The molecule has 0 radical (unpaired) electrons. The van der Waals surface area contributed by atoms with Crippen LogP contribution >= 0.6 is 0 Å². The van der Waals surface area contributed by atoms with Crippen LogP contribution in [0.25, 0.3) is 0 Å². The normalized spacial score (nSPS) is 16.9. The third-order valence-corrected chi connectivity index (χ3v) is 5.76. The van der Waals surface area contributed by atoms with Gasteiger partial charge in [-0.15, -0.1) is 0 Å². The van der Waals surface area contributed by atoms with Crippen LogP contribution in [0, 0.1) is 12.7 Å². The Balaban J connectivity index is 1.79. The highest BCUT2D eigenvalue weighted by Crippen LogP contribution is 2.21. The number of hydrogen-bond acceptors (Lipinski definition) is 4. The lowest BCUT2D eigenvalue weighted by Gasteiger charge is -2.14. The van der Waals surface area contributed by atoms with Gasteiger partial charge in [0.15, 0.2) is 0 Å². The molecule has 1 saturated heterocycles. The number of nitrogens with one attached hydrogen (secondary N) is 2. The van der Waals surface area contributed by atoms with Crippen molar-refractivity contribution < 1.29 is 22.3 Å². The van der Waals surface area contributed by atoms with Gasteiger partial charge < -0.3 is 10.1 Å². The van der Waals surface area contributed by atoms with Crippen molar-refractivity contribution in [3.05, 3.63) is 59.4 Å². The minimum atomic E-state index is -4.03. The Labute approximate surface area is 157 Å². The van der Waals surface area contributed by atoms with Crippen LogP contribution in [0.5, 0.6) is 0 Å². The SMILES string of the molecule is Cc1ccc(S(=O)(=O)Nc2ccccc2F)cc1C(=O)NC[C@H]1CCCO1. The quantitative estimate of drug-likeness (QED) is 0.792. The molecule has 0 bridgehead atoms. The molecule has 6 nitrogen and oxygen atoms in total. The van der Waals surface area contributed by atoms with Crippen molar-refractivity contribution in [1.82, 2.24) is 5.32 Å². The molecule has 0 aliphatic carbocycles. The predicted octanol–water partition coefficient (Wildman–Crippen LogP) is 2.84. The summed E-state index contributed by atoms with van der Waals surface area (Å²) in [4.78, 5) is 12.4. The van der Waals surface area contributed by atoms with E-state index in [1.807, 2.05) is 0 Å². The number of rotatable bonds is 6. The second-order valence-electron chi connectivity index (χ2n) is 6.41. The Morgan fingerprint density at radius 3 is 2.74 bits per heavy atom. The van der Waals surface area contributed by atoms with Crippen molar-refractivity contribution in [3.63, 3.8) is 0 Å². The zero-order valence-electron chi connectivity index (χ0n) is 14.9. The highest BCUT2D eigenvalue weighted by Gasteiger charge is 2.21. The van der Waals surface area contributed by atoms with E-state index in [0.29, 0.717) is 18.7 Å². The van der Waals surface area contributed by atoms with Gasteiger partial charge in [0.05, 0.1) is 16.7 Å². The summed E-state index contributed by atoms with van der Waals surface area (Å²) in [5.41, 5.74) is 0.747. The van der Waals surface area contributed by atoms with Gasteiger partial charge in [0.1, 0.15) is 5.82 Å². The fraction of sp³-hybridized carbons (Fsp3) is 0.316. The van der Waals surface area contributed by atoms with Crippen LogP contribution in [0.2, 0.25) is 0 Å². The molecule has 1 fully saturated rings. The van der Waals surface area contributed by atoms with Crippen LogP contribution in [0.3, 0.4) is 0 Å². The van der Waals surface area contributed by atoms with E-state index in [1.54, 1.807) is 13.0 Å². The van der Waals surface area contributed by atoms with Gasteiger partial charge in [-0.1, -0.05) is 18.2 Å². The minimum Gasteiger partial charge on any atom is -0.376 e. The fourth-order valence-electron chi connectivity index (χ4n) is 2.87. The third kappa shape index (κ3) is 4.64. The van der Waals surface area contributed by atoms with E-state index in [4.69, 9.17) is 4.74 Å². The van der Waals surface area contributed by atoms with Crippen LogP contribution in [0.15, 0.2) is 47.4 Å². The molecule has 0 unspecified atom stereocenters. The van der Waals surface area contributed by atoms with Crippen molar-refractivity contribution in [2.75, 3.05) is 17.9 Å². The number of amides is 1. The third-order valence-electron chi connectivity index (χ3n) is 4.40. The standard InChI is InChI=1S/C19H21FN2O4S/c1-13-8-9-15(27(24,25)22-18-7-3-2-6-17(18)20)11-16(13)19(23)21-12-14-5-4-10-26-14/h2-3,6-9,11,14,22H,4-5,10,12H2,1H3,(H,21,23)/t14-/m1/s1. The van der Waals surface area contributed by atoms with Crippen molar-refractivity contribution in [2.45, 2.75) is 30.8 Å². The van der Waals surface area contributed by atoms with E-state index in [9.17, 15) is 17.6 Å². The highest BCUT2D eigenvalue weighted by molar-refractivity contribution is 7.92. The minimum absolute atomic E-state index is 0.0103. The Morgan fingerprint density at radius 1 is 1.26 bits per heavy atom. The average molecular weight is 392 g/mol. The van der Waals surface area contributed by atoms with Gasteiger partial charge >= 0.3 is 0 Å². The van der Waals surface area contributed by atoms with E-state index >= 15 is 0 Å². The molecular weight excluding hydrogens is 371 g/mol. The molecule has 1 heterocycles. The van der Waals surface area contributed by atoms with Crippen molar-refractivity contribution in [1.29, 1.82) is 0 Å². The number of halogens is 1. The lowest BCUT2D eigenvalue weighted by atomic mass is 10.1. The Kier molecular flexibility index (Phi) is 5.76. The van der Waals surface area contributed by atoms with Crippen LogP contribution in [0.4, 0.5) is 10.1 Å². The molecule has 1 aliphatic heterocycles. The van der Waals surface area contributed by atoms with Crippen molar-refractivity contribution in [3.8, 4) is 0 Å². The van der Waals surface area contributed by atoms with Crippen LogP contribution in [-0.4, -0.2) is 33.6 Å². The number of carbonyl (C=O) groups excluding carboxylic acids is 1. The van der Waals surface area contributed by atoms with Crippen LogP contribution in [-0.2, 0) is 14.8 Å². The number of benzene rings is 2. The molecule has 3 rings (SSSR count). The van der Waals surface area contributed by atoms with E-state index < -0.39 is 15.8 Å². The lowest BCUT2D eigenvalue weighted by Crippen LogP contribution is -2.32. The number of hydrogen-bond donors (Lipinski definition) is 2. The molecule has 0 saturated carbocycles. The highest BCUT2D eigenvalue weighted by atomic mass is 32.2. The average Bonchev–Trinajstić information content (AvgIpc) is 3.15. The van der Waals surface area contributed by atoms with Gasteiger partial charge in [0.2, 0.25) is 0 Å². The Morgan fingerprint density at radius 2 is 2.04 bits per heavy atom. The molecule has 2 N–H and O–H groups in total. The fourth-order valence-corrected chi connectivity index (χ4v) is 3.96. The first-order valence-electron chi connectivity index (χ1n) is 8.64. The second kappa shape index (κ2) is 8.06. The van der Waals surface area contributed by atoms with Gasteiger partial charge in [-0.05, 0) is 49.6 Å². The number of para-hydroxylation sites is 1. The zero-order valence-corrected chi connectivity index (χ0v) is 15.7. The molecule has 27 heavy (non-hydrogen) atoms. The Bertz CT molecular complexity index is 940. The van der Waals surface area contributed by atoms with Crippen molar-refractivity contribution >= 4 is 21.6 Å². The molecule has 1 amide bonds. The van der Waals surface area contributed by atoms with Gasteiger partial charge in [-0.2, -0.15) is 0 Å². The summed E-state index contributed by atoms with van der Waals surface area (Å²) in [6.07, 6.45) is 1.85. The maximum Gasteiger partial charge on any atom is 0.262 e. The molecule has 144 valence electrons. The van der Waals surface area contributed by atoms with E-state index in [2.05, 4.69) is 10.0 Å². The molecule has 2 aromatic rings. The van der Waals surface area contributed by atoms with Gasteiger partial charge in [-0.3, -0.25) is 9.52 Å². The molecule has 0 spiro atoms. The second-order valence-corrected chi connectivity index (χ2v) is 8.09. The Hall–Kier alpha value is -2.45. The lowest BCUT2D eigenvalue weighted by molar-refractivity contribution is 0.0857. The van der Waals surface area contributed by atoms with E-state index in [0.717, 1.165) is 18.9 Å². The summed E-state index contributed by atoms with van der Waals surface area (Å²) in [6, 6.07) is 9.72. The largest absolute Gasteiger partial charge is 0.376 e. The summed E-state index contributed by atoms with van der Waals surface area (Å²) in [7, 11) is -4.03.